The first-order valence-electron chi connectivity index (χ1n) is 7.80. The average Bonchev–Trinajstić information content (AvgIpc) is 2.76. The fourth-order valence-electron chi connectivity index (χ4n) is 3.11. The monoisotopic (exact) mass is 289 g/mol. The number of carbonyl (C=O) groups is 1. The Morgan fingerprint density at radius 1 is 1.14 bits per heavy atom. The van der Waals surface area contributed by atoms with E-state index in [-0.39, 0.29) is 5.91 Å². The summed E-state index contributed by atoms with van der Waals surface area (Å²) in [5.74, 6) is 0.984. The lowest BCUT2D eigenvalue weighted by Gasteiger charge is -2.33. The summed E-state index contributed by atoms with van der Waals surface area (Å²) in [6.07, 6.45) is 4.70. The van der Waals surface area contributed by atoms with E-state index in [1.807, 2.05) is 23.1 Å². The Morgan fingerprint density at radius 2 is 1.90 bits per heavy atom. The first-order chi connectivity index (χ1) is 10.3. The van der Waals surface area contributed by atoms with E-state index in [0.717, 1.165) is 37.4 Å². The van der Waals surface area contributed by atoms with Crippen molar-refractivity contribution < 1.29 is 9.53 Å². The van der Waals surface area contributed by atoms with Crippen LogP contribution < -0.4 is 15.4 Å². The number of likely N-dealkylation sites (tertiary alicyclic amines) is 1. The topological polar surface area (TPSA) is 58.8 Å². The molecule has 2 N–H and O–H groups in total. The van der Waals surface area contributed by atoms with Gasteiger partial charge in [-0.15, -0.1) is 0 Å². The van der Waals surface area contributed by atoms with Crippen molar-refractivity contribution in [2.24, 2.45) is 0 Å². The lowest BCUT2D eigenvalue weighted by Crippen LogP contribution is -2.44. The lowest BCUT2D eigenvalue weighted by molar-refractivity contribution is -0.129. The molecule has 0 spiro atoms. The summed E-state index contributed by atoms with van der Waals surface area (Å²) in [6.45, 7) is 3.48. The third-order valence-electron chi connectivity index (χ3n) is 4.25. The highest BCUT2D eigenvalue weighted by molar-refractivity contribution is 5.85. The van der Waals surface area contributed by atoms with Crippen LogP contribution in [0.25, 0.3) is 0 Å². The van der Waals surface area contributed by atoms with Crippen molar-refractivity contribution in [1.82, 2.24) is 4.90 Å². The molecule has 2 aliphatic heterocycles. The summed E-state index contributed by atoms with van der Waals surface area (Å²) in [4.78, 5) is 16.6. The predicted octanol–water partition coefficient (Wildman–Crippen LogP) is 1.87. The molecule has 5 heteroatoms. The van der Waals surface area contributed by atoms with Crippen molar-refractivity contribution in [2.75, 3.05) is 43.4 Å². The summed E-state index contributed by atoms with van der Waals surface area (Å²) >= 11 is 0. The number of amides is 1. The molecule has 0 aromatic heterocycles. The largest absolute Gasteiger partial charge is 0.489 e. The molecule has 0 aliphatic carbocycles. The van der Waals surface area contributed by atoms with Gasteiger partial charge in [0.05, 0.1) is 18.8 Å². The van der Waals surface area contributed by atoms with Gasteiger partial charge in [-0.1, -0.05) is 18.9 Å². The maximum absolute atomic E-state index is 12.5. The number of nitrogen functional groups attached to an aromatic ring is 1. The van der Waals surface area contributed by atoms with E-state index in [1.165, 1.54) is 12.8 Å². The number of fused-ring (bicyclic) bond motifs is 1. The molecule has 0 atom stereocenters. The highest BCUT2D eigenvalue weighted by Gasteiger charge is 2.24. The molecule has 114 valence electrons. The Balaban J connectivity index is 1.72. The van der Waals surface area contributed by atoms with Crippen LogP contribution in [0.3, 0.4) is 0 Å². The SMILES string of the molecule is Nc1cccc2c1N(CC(=O)N1CCCCCC1)CCO2. The van der Waals surface area contributed by atoms with Crippen LogP contribution in [0.15, 0.2) is 18.2 Å². The minimum Gasteiger partial charge on any atom is -0.489 e. The minimum absolute atomic E-state index is 0.202. The Hall–Kier alpha value is -1.91. The lowest BCUT2D eigenvalue weighted by atomic mass is 10.2. The van der Waals surface area contributed by atoms with Crippen LogP contribution in [0.2, 0.25) is 0 Å². The number of benzene rings is 1. The molecule has 21 heavy (non-hydrogen) atoms. The predicted molar refractivity (Wildman–Crippen MR) is 83.6 cm³/mol. The molecule has 1 fully saturated rings. The molecule has 0 bridgehead atoms. The van der Waals surface area contributed by atoms with Gasteiger partial charge < -0.3 is 20.3 Å². The first kappa shape index (κ1) is 14.0. The summed E-state index contributed by atoms with van der Waals surface area (Å²) < 4.78 is 5.64. The molecule has 2 aliphatic rings. The first-order valence-corrected chi connectivity index (χ1v) is 7.80. The molecular formula is C16H23N3O2. The molecule has 1 aromatic rings. The standard InChI is InChI=1S/C16H23N3O2/c17-13-6-5-7-14-16(13)19(10-11-21-14)12-15(20)18-8-3-1-2-4-9-18/h5-7H,1-4,8-12,17H2. The summed E-state index contributed by atoms with van der Waals surface area (Å²) in [5, 5.41) is 0. The van der Waals surface area contributed by atoms with Crippen molar-refractivity contribution in [3.05, 3.63) is 18.2 Å². The Morgan fingerprint density at radius 3 is 2.67 bits per heavy atom. The highest BCUT2D eigenvalue weighted by atomic mass is 16.5. The highest BCUT2D eigenvalue weighted by Crippen LogP contribution is 2.36. The zero-order valence-corrected chi connectivity index (χ0v) is 12.4. The second kappa shape index (κ2) is 6.24. The van der Waals surface area contributed by atoms with Crippen LogP contribution in [0.5, 0.6) is 5.75 Å². The fourth-order valence-corrected chi connectivity index (χ4v) is 3.11. The molecule has 2 heterocycles. The average molecular weight is 289 g/mol. The van der Waals surface area contributed by atoms with E-state index < -0.39 is 0 Å². The van der Waals surface area contributed by atoms with E-state index in [0.29, 0.717) is 25.4 Å². The van der Waals surface area contributed by atoms with Crippen LogP contribution in [0.4, 0.5) is 11.4 Å². The smallest absolute Gasteiger partial charge is 0.242 e. The van der Waals surface area contributed by atoms with Crippen LogP contribution in [-0.4, -0.2) is 43.6 Å². The second-order valence-electron chi connectivity index (χ2n) is 5.76. The zero-order valence-electron chi connectivity index (χ0n) is 12.4. The Labute approximate surface area is 125 Å². The molecule has 1 saturated heterocycles. The van der Waals surface area contributed by atoms with E-state index >= 15 is 0 Å². The number of carbonyl (C=O) groups excluding carboxylic acids is 1. The quantitative estimate of drug-likeness (QED) is 0.844. The van der Waals surface area contributed by atoms with Gasteiger partial charge in [0.1, 0.15) is 18.0 Å². The van der Waals surface area contributed by atoms with Crippen molar-refractivity contribution in [1.29, 1.82) is 0 Å². The molecular weight excluding hydrogens is 266 g/mol. The van der Waals surface area contributed by atoms with Crippen molar-refractivity contribution in [3.63, 3.8) is 0 Å². The molecule has 3 rings (SSSR count). The molecule has 1 aromatic carbocycles. The number of rotatable bonds is 2. The summed E-state index contributed by atoms with van der Waals surface area (Å²) in [5.41, 5.74) is 7.61. The molecule has 0 radical (unpaired) electrons. The molecule has 1 amide bonds. The van der Waals surface area contributed by atoms with Gasteiger partial charge in [0.2, 0.25) is 5.91 Å². The normalized spacial score (nSPS) is 18.7. The Kier molecular flexibility index (Phi) is 4.18. The van der Waals surface area contributed by atoms with Gasteiger partial charge in [-0.05, 0) is 25.0 Å². The van der Waals surface area contributed by atoms with Crippen LogP contribution in [0.1, 0.15) is 25.7 Å². The van der Waals surface area contributed by atoms with Gasteiger partial charge in [-0.2, -0.15) is 0 Å². The van der Waals surface area contributed by atoms with Crippen molar-refractivity contribution in [2.45, 2.75) is 25.7 Å². The number of anilines is 2. The van der Waals surface area contributed by atoms with Gasteiger partial charge in [0.15, 0.2) is 0 Å². The fraction of sp³-hybridized carbons (Fsp3) is 0.562. The van der Waals surface area contributed by atoms with Gasteiger partial charge >= 0.3 is 0 Å². The number of ether oxygens (including phenoxy) is 1. The van der Waals surface area contributed by atoms with Gasteiger partial charge in [0, 0.05) is 13.1 Å². The maximum atomic E-state index is 12.5. The van der Waals surface area contributed by atoms with E-state index in [2.05, 4.69) is 4.90 Å². The Bertz CT molecular complexity index is 510. The van der Waals surface area contributed by atoms with Crippen LogP contribution in [0, 0.1) is 0 Å². The molecule has 0 unspecified atom stereocenters. The van der Waals surface area contributed by atoms with Crippen LogP contribution in [-0.2, 0) is 4.79 Å². The second-order valence-corrected chi connectivity index (χ2v) is 5.76. The van der Waals surface area contributed by atoms with E-state index in [9.17, 15) is 4.79 Å². The number of nitrogens with zero attached hydrogens (tertiary/aromatic N) is 2. The third kappa shape index (κ3) is 3.06. The van der Waals surface area contributed by atoms with Crippen molar-refractivity contribution in [3.8, 4) is 5.75 Å². The third-order valence-corrected chi connectivity index (χ3v) is 4.25. The van der Waals surface area contributed by atoms with Gasteiger partial charge in [-0.25, -0.2) is 0 Å². The minimum atomic E-state index is 0.202. The maximum Gasteiger partial charge on any atom is 0.242 e. The number of hydrogen-bond donors (Lipinski definition) is 1. The van der Waals surface area contributed by atoms with Gasteiger partial charge in [-0.3, -0.25) is 4.79 Å². The summed E-state index contributed by atoms with van der Waals surface area (Å²) in [6, 6.07) is 5.65. The number of para-hydroxylation sites is 1. The number of hydrogen-bond acceptors (Lipinski definition) is 4. The van der Waals surface area contributed by atoms with Gasteiger partial charge in [0.25, 0.3) is 0 Å². The van der Waals surface area contributed by atoms with Crippen LogP contribution >= 0.6 is 0 Å². The van der Waals surface area contributed by atoms with E-state index in [4.69, 9.17) is 10.5 Å². The molecule has 5 nitrogen and oxygen atoms in total. The summed E-state index contributed by atoms with van der Waals surface area (Å²) in [7, 11) is 0. The zero-order chi connectivity index (χ0) is 14.7. The van der Waals surface area contributed by atoms with Crippen molar-refractivity contribution >= 4 is 17.3 Å². The van der Waals surface area contributed by atoms with E-state index in [1.54, 1.807) is 0 Å². The molecule has 0 saturated carbocycles. The number of nitrogens with two attached hydrogens (primary N) is 1.